The first kappa shape index (κ1) is 35.0. The van der Waals surface area contributed by atoms with Crippen LogP contribution in [0.25, 0.3) is 10.8 Å². The zero-order chi connectivity index (χ0) is 26.4. The minimum absolute atomic E-state index is 0. The van der Waals surface area contributed by atoms with Crippen molar-refractivity contribution in [2.24, 2.45) is 0 Å². The fourth-order valence-corrected chi connectivity index (χ4v) is 3.98. The molecule has 0 radical (unpaired) electrons. The summed E-state index contributed by atoms with van der Waals surface area (Å²) in [6.07, 6.45) is 1.78. The van der Waals surface area contributed by atoms with E-state index in [4.69, 9.17) is 4.42 Å². The molecule has 6 heteroatoms. The van der Waals surface area contributed by atoms with E-state index in [2.05, 4.69) is 47.6 Å². The van der Waals surface area contributed by atoms with Gasteiger partial charge in [0.15, 0.2) is 0 Å². The molecule has 0 unspecified atom stereocenters. The molecule has 4 rings (SSSR count). The summed E-state index contributed by atoms with van der Waals surface area (Å²) in [5.74, 6) is 1.75. The van der Waals surface area contributed by atoms with Crippen molar-refractivity contribution >= 4 is 39.9 Å². The monoisotopic (exact) mass is 578 g/mol. The van der Waals surface area contributed by atoms with Gasteiger partial charge in [-0.25, -0.2) is 0 Å². The van der Waals surface area contributed by atoms with E-state index in [9.17, 15) is 10.2 Å². The number of hydrogen-bond donors (Lipinski definition) is 2. The Morgan fingerprint density at radius 3 is 1.51 bits per heavy atom. The van der Waals surface area contributed by atoms with Gasteiger partial charge in [-0.05, 0) is 47.9 Å². The molecule has 0 amide bonds. The quantitative estimate of drug-likeness (QED) is 0.222. The zero-order valence-corrected chi connectivity index (χ0v) is 26.2. The van der Waals surface area contributed by atoms with Crippen LogP contribution in [0.2, 0.25) is 0 Å². The predicted octanol–water partition coefficient (Wildman–Crippen LogP) is 8.97. The standard InChI is InChI=1S/2C11H16O.C9H6O.2ClH.Ti/c2*1-8-5-6-10(12)9(7-8)11(2,3)4;1-7-9-5-3-2-4-8(9)6-10-7;;;/h2*5-7,12H,1-4H3;1-6H;2*1H;. The van der Waals surface area contributed by atoms with E-state index in [1.54, 1.807) is 18.4 Å². The van der Waals surface area contributed by atoms with E-state index in [1.807, 2.05) is 80.6 Å². The number of aryl methyl sites for hydroxylation is 2. The van der Waals surface area contributed by atoms with E-state index in [-0.39, 0.29) is 35.6 Å². The second-order valence-electron chi connectivity index (χ2n) is 10.9. The Balaban J connectivity index is 0.000000512. The predicted molar refractivity (Wildman–Crippen MR) is 159 cm³/mol. The molecule has 0 aliphatic heterocycles. The number of fused-ring (bicyclic) bond motifs is 1. The molecular formula is C31H40Cl2O3Ti. The first-order valence-corrected chi connectivity index (χ1v) is 12.7. The van der Waals surface area contributed by atoms with Crippen molar-refractivity contribution in [1.29, 1.82) is 0 Å². The summed E-state index contributed by atoms with van der Waals surface area (Å²) in [7, 11) is 0. The summed E-state index contributed by atoms with van der Waals surface area (Å²) < 4.78 is 7.28. The molecule has 3 aromatic carbocycles. The Kier molecular flexibility index (Phi) is 14.0. The van der Waals surface area contributed by atoms with Crippen LogP contribution in [-0.4, -0.2) is 14.5 Å². The molecule has 200 valence electrons. The molecule has 4 aromatic rings. The molecule has 0 fully saturated rings. The summed E-state index contributed by atoms with van der Waals surface area (Å²) in [6.45, 7) is 16.7. The third-order valence-electron chi connectivity index (χ3n) is 5.59. The zero-order valence-electron chi connectivity index (χ0n) is 23.0. The van der Waals surface area contributed by atoms with Crippen molar-refractivity contribution in [2.45, 2.75) is 66.2 Å². The van der Waals surface area contributed by atoms with Crippen LogP contribution < -0.4 is 0 Å². The minimum atomic E-state index is 0. The van der Waals surface area contributed by atoms with Crippen molar-refractivity contribution in [2.75, 3.05) is 0 Å². The molecular weight excluding hydrogens is 539 g/mol. The summed E-state index contributed by atoms with van der Waals surface area (Å²) in [4.78, 5) is 0. The molecule has 3 nitrogen and oxygen atoms in total. The number of phenols is 2. The summed E-state index contributed by atoms with van der Waals surface area (Å²) >= 11 is 1.98. The molecule has 0 saturated carbocycles. The van der Waals surface area contributed by atoms with Crippen LogP contribution in [0.3, 0.4) is 0 Å². The number of aromatic hydroxyl groups is 2. The van der Waals surface area contributed by atoms with Crippen LogP contribution in [0.5, 0.6) is 11.5 Å². The Morgan fingerprint density at radius 1 is 0.703 bits per heavy atom. The summed E-state index contributed by atoms with van der Waals surface area (Å²) in [5, 5.41) is 21.5. The average molecular weight is 579 g/mol. The van der Waals surface area contributed by atoms with Gasteiger partial charge in [0.25, 0.3) is 0 Å². The van der Waals surface area contributed by atoms with Crippen LogP contribution in [0.1, 0.15) is 69.6 Å². The molecule has 2 N–H and O–H groups in total. The van der Waals surface area contributed by atoms with Gasteiger partial charge in [-0.2, -0.15) is 0 Å². The van der Waals surface area contributed by atoms with E-state index < -0.39 is 0 Å². The Hall–Kier alpha value is -2.04. The van der Waals surface area contributed by atoms with Gasteiger partial charge in [0.2, 0.25) is 0 Å². The molecule has 37 heavy (non-hydrogen) atoms. The molecule has 1 heterocycles. The van der Waals surface area contributed by atoms with Crippen molar-refractivity contribution in [3.8, 4) is 11.5 Å². The summed E-state index contributed by atoms with van der Waals surface area (Å²) in [6, 6.07) is 19.6. The number of rotatable bonds is 1. The number of benzene rings is 3. The average Bonchev–Trinajstić information content (AvgIpc) is 3.20. The van der Waals surface area contributed by atoms with E-state index in [0.717, 1.165) is 16.9 Å². The molecule has 0 aliphatic carbocycles. The fraction of sp³-hybridized carbons (Fsp3) is 0.323. The molecule has 0 bridgehead atoms. The van der Waals surface area contributed by atoms with Gasteiger partial charge in [0.05, 0.1) is 0 Å². The molecule has 0 atom stereocenters. The first-order chi connectivity index (χ1) is 16.2. The number of furan rings is 1. The molecule has 0 saturated heterocycles. The van der Waals surface area contributed by atoms with Crippen LogP contribution in [0.4, 0.5) is 0 Å². The van der Waals surface area contributed by atoms with Crippen LogP contribution in [0.15, 0.2) is 71.3 Å². The van der Waals surface area contributed by atoms with Gasteiger partial charge in [-0.1, -0.05) is 76.9 Å². The van der Waals surface area contributed by atoms with Gasteiger partial charge < -0.3 is 10.2 Å². The van der Waals surface area contributed by atoms with Crippen molar-refractivity contribution in [1.82, 2.24) is 0 Å². The normalized spacial score (nSPS) is 10.6. The van der Waals surface area contributed by atoms with Gasteiger partial charge in [-0.15, -0.1) is 24.8 Å². The van der Waals surface area contributed by atoms with Gasteiger partial charge in [0.1, 0.15) is 11.5 Å². The maximum atomic E-state index is 9.57. The first-order valence-electron chi connectivity index (χ1n) is 11.8. The molecule has 1 aromatic heterocycles. The number of halogens is 2. The summed E-state index contributed by atoms with van der Waals surface area (Å²) in [5.41, 5.74) is 4.46. The third kappa shape index (κ3) is 10.3. The van der Waals surface area contributed by atoms with Crippen LogP contribution in [-0.2, 0) is 30.8 Å². The number of phenolic OH excluding ortho intramolecular Hbond substituents is 2. The van der Waals surface area contributed by atoms with E-state index in [0.29, 0.717) is 11.5 Å². The topological polar surface area (TPSA) is 53.6 Å². The second kappa shape index (κ2) is 14.8. The maximum absolute atomic E-state index is 9.57. The molecule has 0 aliphatic rings. The third-order valence-corrected chi connectivity index (χ3v) is 6.00. The van der Waals surface area contributed by atoms with Crippen molar-refractivity contribution in [3.05, 3.63) is 94.9 Å². The van der Waals surface area contributed by atoms with Gasteiger partial charge in [0, 0.05) is 0 Å². The van der Waals surface area contributed by atoms with Crippen LogP contribution in [0, 0.1) is 13.8 Å². The second-order valence-corrected chi connectivity index (χ2v) is 11.3. The van der Waals surface area contributed by atoms with Gasteiger partial charge in [-0.3, -0.25) is 0 Å². The Bertz CT molecular complexity index is 1220. The van der Waals surface area contributed by atoms with Crippen molar-refractivity contribution in [3.63, 3.8) is 0 Å². The Labute approximate surface area is 246 Å². The van der Waals surface area contributed by atoms with Gasteiger partial charge >= 0.3 is 75.8 Å². The van der Waals surface area contributed by atoms with Crippen LogP contribution >= 0.6 is 24.8 Å². The van der Waals surface area contributed by atoms with E-state index in [1.165, 1.54) is 21.9 Å². The SMILES string of the molecule is Cc1ccc(O)c(C(C)(C)C)c1.Cc1ccc(O)c(C(C)(C)C)c1.Cl.Cl.[Ti]=[CH]c1occ2ccccc12. The molecule has 0 spiro atoms. The Morgan fingerprint density at radius 2 is 1.14 bits per heavy atom. The fourth-order valence-electron chi connectivity index (χ4n) is 3.63. The van der Waals surface area contributed by atoms with E-state index >= 15 is 0 Å². The van der Waals surface area contributed by atoms with Crippen molar-refractivity contribution < 1.29 is 34.6 Å². The number of hydrogen-bond acceptors (Lipinski definition) is 3.